The average Bonchev–Trinajstić information content (AvgIpc) is 3.27. The molecule has 3 aliphatic heterocycles. The fraction of sp³-hybridized carbons (Fsp3) is 1.00. The molecule has 19 atom stereocenters. The van der Waals surface area contributed by atoms with E-state index in [9.17, 15) is 40.9 Å². The molecule has 3 saturated heterocycles. The van der Waals surface area contributed by atoms with E-state index in [1.165, 1.54) is 0 Å². The molecule has 0 amide bonds. The molecule has 0 aromatic heterocycles. The van der Waals surface area contributed by atoms with Gasteiger partial charge >= 0.3 is 0 Å². The number of hydrogen-bond donors (Lipinski definition) is 13. The van der Waals surface area contributed by atoms with Gasteiger partial charge in [-0.2, -0.15) is 0 Å². The molecule has 18 N–H and O–H groups in total. The van der Waals surface area contributed by atoms with Gasteiger partial charge in [0.15, 0.2) is 18.9 Å². The molecule has 19 nitrogen and oxygen atoms in total. The zero-order valence-corrected chi connectivity index (χ0v) is 22.7. The molecule has 0 unspecified atom stereocenters. The Hall–Kier alpha value is -0.760. The maximum atomic E-state index is 11.1. The molecule has 0 radical (unpaired) electrons. The number of ether oxygens (including phenoxy) is 6. The molecule has 0 aromatic carbocycles. The van der Waals surface area contributed by atoms with Crippen molar-refractivity contribution in [2.45, 2.75) is 123 Å². The molecule has 19 heteroatoms. The lowest BCUT2D eigenvalue weighted by atomic mass is 9.84. The Labute approximate surface area is 240 Å². The van der Waals surface area contributed by atoms with Crippen molar-refractivity contribution in [1.29, 1.82) is 0 Å². The van der Waals surface area contributed by atoms with Gasteiger partial charge in [0.25, 0.3) is 0 Å². The first-order valence-corrected chi connectivity index (χ1v) is 13.8. The molecule has 1 aliphatic carbocycles. The van der Waals surface area contributed by atoms with Crippen LogP contribution in [0.25, 0.3) is 0 Å². The van der Waals surface area contributed by atoms with Crippen LogP contribution in [0.15, 0.2) is 0 Å². The normalized spacial score (nSPS) is 53.8. The smallest absolute Gasteiger partial charge is 0.187 e. The molecule has 1 saturated carbocycles. The van der Waals surface area contributed by atoms with Crippen LogP contribution in [0.1, 0.15) is 6.42 Å². The highest BCUT2D eigenvalue weighted by Crippen LogP contribution is 2.34. The molecule has 0 aromatic rings. The van der Waals surface area contributed by atoms with E-state index in [0.29, 0.717) is 0 Å². The van der Waals surface area contributed by atoms with Crippen LogP contribution < -0.4 is 28.7 Å². The molecular formula is C23H45N5O14. The third kappa shape index (κ3) is 6.60. The summed E-state index contributed by atoms with van der Waals surface area (Å²) in [4.78, 5) is 0. The highest BCUT2D eigenvalue weighted by molar-refractivity contribution is 5.02. The lowest BCUT2D eigenvalue weighted by Crippen LogP contribution is -2.68. The summed E-state index contributed by atoms with van der Waals surface area (Å²) < 4.78 is 34.4. The van der Waals surface area contributed by atoms with Gasteiger partial charge in [-0.25, -0.2) is 0 Å². The molecule has 3 heterocycles. The number of aliphatic hydroxyl groups is 8. The summed E-state index contributed by atoms with van der Waals surface area (Å²) in [5.41, 5.74) is 29.9. The van der Waals surface area contributed by atoms with Crippen LogP contribution in [0.3, 0.4) is 0 Å². The van der Waals surface area contributed by atoms with Crippen molar-refractivity contribution in [3.63, 3.8) is 0 Å². The first kappa shape index (κ1) is 34.1. The second-order valence-electron chi connectivity index (χ2n) is 11.2. The maximum absolute atomic E-state index is 11.1. The summed E-state index contributed by atoms with van der Waals surface area (Å²) in [6, 6.07) is -4.30. The maximum Gasteiger partial charge on any atom is 0.187 e. The largest absolute Gasteiger partial charge is 0.394 e. The minimum atomic E-state index is -1.62. The van der Waals surface area contributed by atoms with Gasteiger partial charge in [-0.3, -0.25) is 0 Å². The van der Waals surface area contributed by atoms with Crippen molar-refractivity contribution in [3.8, 4) is 0 Å². The third-order valence-electron chi connectivity index (χ3n) is 8.32. The Morgan fingerprint density at radius 3 is 1.55 bits per heavy atom. The Kier molecular flexibility index (Phi) is 11.5. The molecule has 246 valence electrons. The molecule has 0 bridgehead atoms. The van der Waals surface area contributed by atoms with Gasteiger partial charge in [0.05, 0.1) is 31.4 Å². The lowest BCUT2D eigenvalue weighted by Gasteiger charge is -2.47. The number of rotatable bonds is 9. The molecule has 42 heavy (non-hydrogen) atoms. The van der Waals surface area contributed by atoms with E-state index in [0.717, 1.165) is 0 Å². The summed E-state index contributed by atoms with van der Waals surface area (Å²) in [7, 11) is 0. The highest BCUT2D eigenvalue weighted by Gasteiger charge is 2.54. The van der Waals surface area contributed by atoms with Crippen molar-refractivity contribution in [2.24, 2.45) is 28.7 Å². The van der Waals surface area contributed by atoms with Crippen molar-refractivity contribution in [3.05, 3.63) is 0 Å². The van der Waals surface area contributed by atoms with Gasteiger partial charge in [-0.15, -0.1) is 0 Å². The first-order valence-electron chi connectivity index (χ1n) is 13.8. The van der Waals surface area contributed by atoms with Crippen LogP contribution in [0.2, 0.25) is 0 Å². The van der Waals surface area contributed by atoms with Gasteiger partial charge in [-0.1, -0.05) is 0 Å². The van der Waals surface area contributed by atoms with Crippen LogP contribution in [0.5, 0.6) is 0 Å². The second kappa shape index (κ2) is 14.1. The monoisotopic (exact) mass is 615 g/mol. The van der Waals surface area contributed by atoms with E-state index in [1.54, 1.807) is 0 Å². The summed E-state index contributed by atoms with van der Waals surface area (Å²) in [5, 5.41) is 82.3. The quantitative estimate of drug-likeness (QED) is 0.114. The molecule has 4 rings (SSSR count). The van der Waals surface area contributed by atoms with Crippen molar-refractivity contribution >= 4 is 0 Å². The van der Waals surface area contributed by atoms with Crippen molar-refractivity contribution in [1.82, 2.24) is 0 Å². The SMILES string of the molecule is NC[C@@H]1O[C@@H](O[C@@H]2[C@H](O)[C@@H](O[C@@H]3[C@@H](O)[C@H](N)C[C@H](N)[C@@H]3O[C@H]3O[C@H](CO)[C@@H](O)[C@H](O)[C@H]3N)O[C@H]2CO)[C@H](N)[C@@H](O)[C@@H]1O. The van der Waals surface area contributed by atoms with Gasteiger partial charge in [0, 0.05) is 18.6 Å². The van der Waals surface area contributed by atoms with Crippen molar-refractivity contribution in [2.75, 3.05) is 19.8 Å². The Balaban J connectivity index is 1.50. The summed E-state index contributed by atoms with van der Waals surface area (Å²) in [6.45, 7) is -1.49. The predicted molar refractivity (Wildman–Crippen MR) is 136 cm³/mol. The average molecular weight is 616 g/mol. The zero-order valence-electron chi connectivity index (χ0n) is 22.7. The summed E-state index contributed by atoms with van der Waals surface area (Å²) in [5.74, 6) is 0. The van der Waals surface area contributed by atoms with E-state index in [4.69, 9.17) is 57.1 Å². The van der Waals surface area contributed by atoms with Crippen molar-refractivity contribution < 1.29 is 69.3 Å². The molecular weight excluding hydrogens is 570 g/mol. The highest BCUT2D eigenvalue weighted by atomic mass is 16.8. The number of hydrogen-bond acceptors (Lipinski definition) is 19. The van der Waals surface area contributed by atoms with Crippen LogP contribution in [0, 0.1) is 0 Å². The van der Waals surface area contributed by atoms with E-state index in [1.807, 2.05) is 0 Å². The minimum Gasteiger partial charge on any atom is -0.394 e. The van der Waals surface area contributed by atoms with Gasteiger partial charge in [0.1, 0.15) is 67.1 Å². The summed E-state index contributed by atoms with van der Waals surface area (Å²) >= 11 is 0. The van der Waals surface area contributed by atoms with E-state index < -0.39 is 129 Å². The fourth-order valence-corrected chi connectivity index (χ4v) is 5.70. The standard InChI is InChI=1S/C23H45N5O14/c24-2-7-13(32)15(34)10(27)21(37-7)41-19-9(4-30)39-23(17(19)36)42-20-12(31)5(25)1-6(26)18(20)40-22-11(28)16(35)14(33)8(3-29)38-22/h5-23,29-36H,1-4,24-28H2/t5-,6+,7+,8-,9+,10-,11-,12+,13-,14-,15-,16-,17+,18+,19+,20-,21+,22-,23-/m1/s1. The minimum absolute atomic E-state index is 0.0642. The van der Waals surface area contributed by atoms with Crippen LogP contribution in [-0.2, 0) is 28.4 Å². The molecule has 0 spiro atoms. The molecule has 4 aliphatic rings. The topological polar surface area (TPSA) is 347 Å². The first-order chi connectivity index (χ1) is 19.8. The number of nitrogens with two attached hydrogens (primary N) is 5. The third-order valence-corrected chi connectivity index (χ3v) is 8.32. The Morgan fingerprint density at radius 2 is 1.00 bits per heavy atom. The fourth-order valence-electron chi connectivity index (χ4n) is 5.70. The van der Waals surface area contributed by atoms with Gasteiger partial charge in [-0.05, 0) is 6.42 Å². The van der Waals surface area contributed by atoms with Gasteiger partial charge in [0.2, 0.25) is 0 Å². The lowest BCUT2D eigenvalue weighted by molar-refractivity contribution is -0.310. The predicted octanol–water partition coefficient (Wildman–Crippen LogP) is -8.86. The van der Waals surface area contributed by atoms with E-state index in [2.05, 4.69) is 0 Å². The van der Waals surface area contributed by atoms with E-state index >= 15 is 0 Å². The zero-order chi connectivity index (χ0) is 31.0. The van der Waals surface area contributed by atoms with Gasteiger partial charge < -0.3 is 97.9 Å². The number of aliphatic hydroxyl groups excluding tert-OH is 8. The van der Waals surface area contributed by atoms with Crippen LogP contribution in [-0.4, -0.2) is 177 Å². The second-order valence-corrected chi connectivity index (χ2v) is 11.2. The van der Waals surface area contributed by atoms with Crippen LogP contribution in [0.4, 0.5) is 0 Å². The molecule has 4 fully saturated rings. The van der Waals surface area contributed by atoms with Crippen LogP contribution >= 0.6 is 0 Å². The Bertz CT molecular complexity index is 866. The van der Waals surface area contributed by atoms with E-state index in [-0.39, 0.29) is 13.0 Å². The Morgan fingerprint density at radius 1 is 0.524 bits per heavy atom. The summed E-state index contributed by atoms with van der Waals surface area (Å²) in [6.07, 6.45) is -20.5.